The molecule has 0 amide bonds. The first-order chi connectivity index (χ1) is 7.45. The fourth-order valence-corrected chi connectivity index (χ4v) is 1.83. The molecule has 1 N–H and O–H groups in total. The van der Waals surface area contributed by atoms with Gasteiger partial charge in [0.15, 0.2) is 0 Å². The molecule has 1 saturated heterocycles. The topological polar surface area (TPSA) is 52.0 Å². The molecule has 5 nitrogen and oxygen atoms in total. The smallest absolute Gasteiger partial charge is 0.0692 e. The number of nitrogens with zero attached hydrogens (tertiary/aromatic N) is 3. The molecule has 0 aliphatic carbocycles. The minimum Gasteiger partial charge on any atom is -0.379 e. The SMILES string of the molecule is Cl.c1cn(CCOC[C@H]2CCCNC2)nn1. The molecule has 0 radical (unpaired) electrons. The average Bonchev–Trinajstić information content (AvgIpc) is 2.79. The highest BCUT2D eigenvalue weighted by molar-refractivity contribution is 5.85. The van der Waals surface area contributed by atoms with Crippen LogP contribution >= 0.6 is 12.4 Å². The molecule has 1 fully saturated rings. The average molecular weight is 247 g/mol. The predicted molar refractivity (Wildman–Crippen MR) is 63.7 cm³/mol. The summed E-state index contributed by atoms with van der Waals surface area (Å²) in [5.41, 5.74) is 0. The summed E-state index contributed by atoms with van der Waals surface area (Å²) in [4.78, 5) is 0. The molecule has 0 unspecified atom stereocenters. The first kappa shape index (κ1) is 13.4. The van der Waals surface area contributed by atoms with Crippen molar-refractivity contribution in [2.45, 2.75) is 19.4 Å². The maximum atomic E-state index is 5.62. The van der Waals surface area contributed by atoms with Crippen LogP contribution in [0.1, 0.15) is 12.8 Å². The molecule has 2 rings (SSSR count). The summed E-state index contributed by atoms with van der Waals surface area (Å²) >= 11 is 0. The van der Waals surface area contributed by atoms with Crippen molar-refractivity contribution in [3.05, 3.63) is 12.4 Å². The van der Waals surface area contributed by atoms with E-state index in [9.17, 15) is 0 Å². The van der Waals surface area contributed by atoms with Crippen LogP contribution in [0.4, 0.5) is 0 Å². The summed E-state index contributed by atoms with van der Waals surface area (Å²) in [6, 6.07) is 0. The van der Waals surface area contributed by atoms with E-state index in [1.807, 2.05) is 6.20 Å². The Labute approximate surface area is 102 Å². The maximum Gasteiger partial charge on any atom is 0.0692 e. The molecule has 2 heterocycles. The molecule has 1 aliphatic rings. The van der Waals surface area contributed by atoms with Gasteiger partial charge in [-0.15, -0.1) is 17.5 Å². The van der Waals surface area contributed by atoms with Crippen molar-refractivity contribution < 1.29 is 4.74 Å². The van der Waals surface area contributed by atoms with E-state index < -0.39 is 0 Å². The predicted octanol–water partition coefficient (Wildman–Crippen LogP) is 0.716. The van der Waals surface area contributed by atoms with Crippen LogP contribution in [0.3, 0.4) is 0 Å². The third-order valence-electron chi connectivity index (χ3n) is 2.69. The third-order valence-corrected chi connectivity index (χ3v) is 2.69. The van der Waals surface area contributed by atoms with Gasteiger partial charge in [-0.1, -0.05) is 5.21 Å². The van der Waals surface area contributed by atoms with Crippen molar-refractivity contribution in [1.29, 1.82) is 0 Å². The maximum absolute atomic E-state index is 5.62. The lowest BCUT2D eigenvalue weighted by Crippen LogP contribution is -2.32. The Morgan fingerprint density at radius 2 is 2.44 bits per heavy atom. The van der Waals surface area contributed by atoms with E-state index in [0.717, 1.165) is 32.8 Å². The second kappa shape index (κ2) is 7.60. The van der Waals surface area contributed by atoms with Gasteiger partial charge in [-0.2, -0.15) is 0 Å². The number of aromatic nitrogens is 3. The van der Waals surface area contributed by atoms with Crippen molar-refractivity contribution in [3.63, 3.8) is 0 Å². The molecular weight excluding hydrogens is 228 g/mol. The minimum atomic E-state index is 0. The van der Waals surface area contributed by atoms with Gasteiger partial charge >= 0.3 is 0 Å². The summed E-state index contributed by atoms with van der Waals surface area (Å²) in [6.07, 6.45) is 6.10. The lowest BCUT2D eigenvalue weighted by molar-refractivity contribution is 0.0822. The molecule has 1 aliphatic heterocycles. The Morgan fingerprint density at radius 1 is 1.50 bits per heavy atom. The van der Waals surface area contributed by atoms with Gasteiger partial charge in [0, 0.05) is 12.7 Å². The van der Waals surface area contributed by atoms with Crippen molar-refractivity contribution in [1.82, 2.24) is 20.3 Å². The van der Waals surface area contributed by atoms with Crippen LogP contribution in [-0.4, -0.2) is 41.3 Å². The molecule has 1 aromatic heterocycles. The monoisotopic (exact) mass is 246 g/mol. The van der Waals surface area contributed by atoms with Crippen molar-refractivity contribution >= 4 is 12.4 Å². The molecule has 16 heavy (non-hydrogen) atoms. The minimum absolute atomic E-state index is 0. The number of hydrogen-bond donors (Lipinski definition) is 1. The largest absolute Gasteiger partial charge is 0.379 e. The quantitative estimate of drug-likeness (QED) is 0.778. The number of piperidine rings is 1. The van der Waals surface area contributed by atoms with Crippen LogP contribution in [0.15, 0.2) is 12.4 Å². The van der Waals surface area contributed by atoms with Crippen molar-refractivity contribution in [2.24, 2.45) is 5.92 Å². The summed E-state index contributed by atoms with van der Waals surface area (Å²) in [6.45, 7) is 4.64. The Kier molecular flexibility index (Phi) is 6.37. The lowest BCUT2D eigenvalue weighted by atomic mass is 10.0. The first-order valence-corrected chi connectivity index (χ1v) is 5.58. The number of rotatable bonds is 5. The van der Waals surface area contributed by atoms with Crippen molar-refractivity contribution in [3.8, 4) is 0 Å². The van der Waals surface area contributed by atoms with E-state index in [4.69, 9.17) is 4.74 Å². The van der Waals surface area contributed by atoms with Gasteiger partial charge < -0.3 is 10.1 Å². The Hall–Kier alpha value is -0.650. The standard InChI is InChI=1S/C10H18N4O.ClH/c1-2-10(8-11-3-1)9-15-7-6-14-5-4-12-13-14;/h4-5,10-11H,1-3,6-9H2;1H/t10-;/m0./s1. The molecule has 6 heteroatoms. The molecule has 0 aromatic carbocycles. The highest BCUT2D eigenvalue weighted by Gasteiger charge is 2.12. The number of hydrogen-bond acceptors (Lipinski definition) is 4. The Bertz CT molecular complexity index is 262. The summed E-state index contributed by atoms with van der Waals surface area (Å²) in [5.74, 6) is 0.689. The van der Waals surface area contributed by atoms with E-state index >= 15 is 0 Å². The van der Waals surface area contributed by atoms with E-state index in [-0.39, 0.29) is 12.4 Å². The number of ether oxygens (including phenoxy) is 1. The van der Waals surface area contributed by atoms with Gasteiger partial charge in [-0.05, 0) is 25.3 Å². The molecular formula is C10H19ClN4O. The molecule has 1 aromatic rings. The van der Waals surface area contributed by atoms with E-state index in [1.54, 1.807) is 10.9 Å². The van der Waals surface area contributed by atoms with Crippen LogP contribution in [0.2, 0.25) is 0 Å². The summed E-state index contributed by atoms with van der Waals surface area (Å²) in [5, 5.41) is 11.0. The van der Waals surface area contributed by atoms with Gasteiger partial charge in [0.2, 0.25) is 0 Å². The van der Waals surface area contributed by atoms with Gasteiger partial charge in [-0.25, -0.2) is 0 Å². The van der Waals surface area contributed by atoms with Gasteiger partial charge in [0.05, 0.1) is 26.0 Å². The molecule has 0 spiro atoms. The van der Waals surface area contributed by atoms with Gasteiger partial charge in [0.25, 0.3) is 0 Å². The highest BCUT2D eigenvalue weighted by Crippen LogP contribution is 2.09. The lowest BCUT2D eigenvalue weighted by Gasteiger charge is -2.22. The van der Waals surface area contributed by atoms with E-state index in [1.165, 1.54) is 12.8 Å². The zero-order valence-electron chi connectivity index (χ0n) is 9.34. The van der Waals surface area contributed by atoms with Crippen LogP contribution in [0, 0.1) is 5.92 Å². The number of halogens is 1. The van der Waals surface area contributed by atoms with Crippen molar-refractivity contribution in [2.75, 3.05) is 26.3 Å². The second-order valence-corrected chi connectivity index (χ2v) is 3.95. The third kappa shape index (κ3) is 4.47. The zero-order chi connectivity index (χ0) is 10.3. The Balaban J connectivity index is 0.00000128. The first-order valence-electron chi connectivity index (χ1n) is 5.58. The Morgan fingerprint density at radius 3 is 3.12 bits per heavy atom. The molecule has 0 bridgehead atoms. The van der Waals surface area contributed by atoms with E-state index in [2.05, 4.69) is 15.6 Å². The fraction of sp³-hybridized carbons (Fsp3) is 0.800. The van der Waals surface area contributed by atoms with Gasteiger partial charge in [0.1, 0.15) is 0 Å². The molecule has 1 atom stereocenters. The van der Waals surface area contributed by atoms with Crippen LogP contribution in [0.5, 0.6) is 0 Å². The van der Waals surface area contributed by atoms with Gasteiger partial charge in [-0.3, -0.25) is 4.68 Å². The zero-order valence-corrected chi connectivity index (χ0v) is 10.2. The summed E-state index contributed by atoms with van der Waals surface area (Å²) in [7, 11) is 0. The normalized spacial score (nSPS) is 20.4. The van der Waals surface area contributed by atoms with Crippen LogP contribution < -0.4 is 5.32 Å². The summed E-state index contributed by atoms with van der Waals surface area (Å²) < 4.78 is 7.41. The molecule has 92 valence electrons. The van der Waals surface area contributed by atoms with Crippen LogP contribution in [-0.2, 0) is 11.3 Å². The highest BCUT2D eigenvalue weighted by atomic mass is 35.5. The van der Waals surface area contributed by atoms with E-state index in [0.29, 0.717) is 5.92 Å². The second-order valence-electron chi connectivity index (χ2n) is 3.95. The number of nitrogens with one attached hydrogen (secondary N) is 1. The van der Waals surface area contributed by atoms with Crippen LogP contribution in [0.25, 0.3) is 0 Å². The fourth-order valence-electron chi connectivity index (χ4n) is 1.83. The molecule has 0 saturated carbocycles.